The lowest BCUT2D eigenvalue weighted by atomic mass is 10.1. The highest BCUT2D eigenvalue weighted by Crippen LogP contribution is 2.01. The lowest BCUT2D eigenvalue weighted by Crippen LogP contribution is -2.43. The van der Waals surface area contributed by atoms with Crippen molar-refractivity contribution < 1.29 is 19.8 Å². The van der Waals surface area contributed by atoms with Crippen molar-refractivity contribution >= 4 is 11.9 Å². The first-order valence-corrected chi connectivity index (χ1v) is 4.62. The van der Waals surface area contributed by atoms with E-state index in [1.165, 1.54) is 6.20 Å². The third-order valence-corrected chi connectivity index (χ3v) is 1.93. The molecule has 0 aliphatic rings. The molecule has 6 heteroatoms. The Hall–Kier alpha value is -1.95. The summed E-state index contributed by atoms with van der Waals surface area (Å²) < 4.78 is 0. The molecule has 1 aromatic heterocycles. The number of nitrogens with zero attached hydrogens (tertiary/aromatic N) is 1. The smallest absolute Gasteiger partial charge is 0.326 e. The number of pyridine rings is 1. The standard InChI is InChI=1S/C10H11N2O4/c13-6-9(14)12-8(10(15)16)4-7-2-1-3-11-5-7/h1-3,5,8H,4,6H2,(H,12,14)(H,15,16). The van der Waals surface area contributed by atoms with Crippen molar-refractivity contribution in [3.05, 3.63) is 30.1 Å². The summed E-state index contributed by atoms with van der Waals surface area (Å²) in [5.41, 5.74) is 0.682. The second-order valence-corrected chi connectivity index (χ2v) is 3.17. The third kappa shape index (κ3) is 3.66. The molecule has 0 saturated carbocycles. The summed E-state index contributed by atoms with van der Waals surface area (Å²) in [5.74, 6) is -2.00. The van der Waals surface area contributed by atoms with Gasteiger partial charge in [0.1, 0.15) is 6.04 Å². The predicted octanol–water partition coefficient (Wildman–Crippen LogP) is -0.376. The maximum atomic E-state index is 10.8. The van der Waals surface area contributed by atoms with E-state index in [-0.39, 0.29) is 6.42 Å². The van der Waals surface area contributed by atoms with Gasteiger partial charge in [0.25, 0.3) is 0 Å². The van der Waals surface area contributed by atoms with Gasteiger partial charge in [0, 0.05) is 18.8 Å². The topological polar surface area (TPSA) is 99.2 Å². The first kappa shape index (κ1) is 12.1. The number of carboxylic acids is 1. The van der Waals surface area contributed by atoms with Crippen molar-refractivity contribution in [3.63, 3.8) is 0 Å². The molecule has 1 atom stereocenters. The summed E-state index contributed by atoms with van der Waals surface area (Å²) in [6.07, 6.45) is 3.18. The van der Waals surface area contributed by atoms with Gasteiger partial charge < -0.3 is 10.4 Å². The quantitative estimate of drug-likeness (QED) is 0.710. The Labute approximate surface area is 91.9 Å². The van der Waals surface area contributed by atoms with Gasteiger partial charge in [0.05, 0.1) is 0 Å². The van der Waals surface area contributed by atoms with Crippen LogP contribution in [-0.4, -0.2) is 34.6 Å². The molecular weight excluding hydrogens is 212 g/mol. The van der Waals surface area contributed by atoms with Crippen LogP contribution in [0.1, 0.15) is 5.56 Å². The Morgan fingerprint density at radius 1 is 1.50 bits per heavy atom. The highest BCUT2D eigenvalue weighted by Gasteiger charge is 2.19. The van der Waals surface area contributed by atoms with E-state index < -0.39 is 24.5 Å². The molecule has 0 aliphatic heterocycles. The number of aromatic nitrogens is 1. The van der Waals surface area contributed by atoms with E-state index in [4.69, 9.17) is 5.11 Å². The van der Waals surface area contributed by atoms with Crippen molar-refractivity contribution in [1.82, 2.24) is 10.3 Å². The number of carbonyl (C=O) groups is 2. The number of rotatable bonds is 5. The molecule has 1 rings (SSSR count). The molecule has 0 aliphatic carbocycles. The van der Waals surface area contributed by atoms with Crippen LogP contribution in [-0.2, 0) is 21.1 Å². The zero-order valence-electron chi connectivity index (χ0n) is 8.42. The van der Waals surface area contributed by atoms with Crippen LogP contribution < -0.4 is 5.32 Å². The summed E-state index contributed by atoms with van der Waals surface area (Å²) in [7, 11) is 0. The molecule has 85 valence electrons. The number of carbonyl (C=O) groups excluding carboxylic acids is 1. The zero-order valence-corrected chi connectivity index (χ0v) is 8.42. The van der Waals surface area contributed by atoms with Gasteiger partial charge in [-0.1, -0.05) is 6.07 Å². The maximum Gasteiger partial charge on any atom is 0.326 e. The van der Waals surface area contributed by atoms with Crippen molar-refractivity contribution in [2.75, 3.05) is 6.61 Å². The largest absolute Gasteiger partial charge is 0.480 e. The fraction of sp³-hybridized carbons (Fsp3) is 0.300. The average Bonchev–Trinajstić information content (AvgIpc) is 2.29. The minimum absolute atomic E-state index is 0.106. The number of carboxylic acid groups (broad SMARTS) is 1. The summed E-state index contributed by atoms with van der Waals surface area (Å²) in [5, 5.41) is 21.2. The second kappa shape index (κ2) is 5.82. The van der Waals surface area contributed by atoms with Gasteiger partial charge >= 0.3 is 5.97 Å². The maximum absolute atomic E-state index is 10.8. The summed E-state index contributed by atoms with van der Waals surface area (Å²) in [6, 6.07) is 2.28. The Kier molecular flexibility index (Phi) is 4.41. The Morgan fingerprint density at radius 3 is 2.75 bits per heavy atom. The normalized spacial score (nSPS) is 11.8. The Balaban J connectivity index is 2.65. The van der Waals surface area contributed by atoms with Crippen LogP contribution in [0, 0.1) is 0 Å². The first-order valence-electron chi connectivity index (χ1n) is 4.62. The average molecular weight is 223 g/mol. The SMILES string of the molecule is [O]CC(=O)NC(Cc1cccnc1)C(=O)O. The van der Waals surface area contributed by atoms with Crippen molar-refractivity contribution in [2.24, 2.45) is 0 Å². The van der Waals surface area contributed by atoms with Gasteiger partial charge in [-0.15, -0.1) is 0 Å². The van der Waals surface area contributed by atoms with Gasteiger partial charge in [-0.05, 0) is 11.6 Å². The lowest BCUT2D eigenvalue weighted by Gasteiger charge is -2.12. The highest BCUT2D eigenvalue weighted by atomic mass is 16.4. The predicted molar refractivity (Wildman–Crippen MR) is 53.1 cm³/mol. The van der Waals surface area contributed by atoms with Gasteiger partial charge in [-0.3, -0.25) is 9.78 Å². The molecular formula is C10H11N2O4. The van der Waals surface area contributed by atoms with Crippen LogP contribution in [0.3, 0.4) is 0 Å². The van der Waals surface area contributed by atoms with E-state index >= 15 is 0 Å². The molecule has 6 nitrogen and oxygen atoms in total. The number of hydrogen-bond donors (Lipinski definition) is 2. The molecule has 0 aromatic carbocycles. The van der Waals surface area contributed by atoms with Crippen LogP contribution in [0.15, 0.2) is 24.5 Å². The van der Waals surface area contributed by atoms with Crippen molar-refractivity contribution in [1.29, 1.82) is 0 Å². The molecule has 0 spiro atoms. The fourth-order valence-electron chi connectivity index (χ4n) is 1.19. The molecule has 0 bridgehead atoms. The van der Waals surface area contributed by atoms with E-state index in [0.29, 0.717) is 5.56 Å². The van der Waals surface area contributed by atoms with E-state index in [9.17, 15) is 14.7 Å². The molecule has 16 heavy (non-hydrogen) atoms. The Morgan fingerprint density at radius 2 is 2.25 bits per heavy atom. The van der Waals surface area contributed by atoms with Crippen molar-refractivity contribution in [2.45, 2.75) is 12.5 Å². The summed E-state index contributed by atoms with van der Waals surface area (Å²) >= 11 is 0. The minimum atomic E-state index is -1.18. The number of nitrogens with one attached hydrogen (secondary N) is 1. The van der Waals surface area contributed by atoms with Crippen LogP contribution in [0.4, 0.5) is 0 Å². The van der Waals surface area contributed by atoms with E-state index in [1.54, 1.807) is 18.3 Å². The van der Waals surface area contributed by atoms with E-state index in [2.05, 4.69) is 10.3 Å². The van der Waals surface area contributed by atoms with Crippen LogP contribution in [0.2, 0.25) is 0 Å². The number of amides is 1. The molecule has 2 N–H and O–H groups in total. The van der Waals surface area contributed by atoms with E-state index in [1.807, 2.05) is 0 Å². The molecule has 1 heterocycles. The van der Waals surface area contributed by atoms with Gasteiger partial charge in [-0.2, -0.15) is 0 Å². The third-order valence-electron chi connectivity index (χ3n) is 1.93. The van der Waals surface area contributed by atoms with Gasteiger partial charge in [-0.25, -0.2) is 9.90 Å². The minimum Gasteiger partial charge on any atom is -0.480 e. The number of aliphatic carboxylic acids is 1. The number of hydrogen-bond acceptors (Lipinski definition) is 3. The van der Waals surface area contributed by atoms with Gasteiger partial charge in [0.15, 0.2) is 6.61 Å². The molecule has 1 amide bonds. The molecule has 0 saturated heterocycles. The fourth-order valence-corrected chi connectivity index (χ4v) is 1.19. The summed E-state index contributed by atoms with van der Waals surface area (Å²) in [6.45, 7) is -0.975. The highest BCUT2D eigenvalue weighted by molar-refractivity contribution is 5.84. The molecule has 1 unspecified atom stereocenters. The summed E-state index contributed by atoms with van der Waals surface area (Å²) in [4.78, 5) is 25.5. The van der Waals surface area contributed by atoms with Crippen molar-refractivity contribution in [3.8, 4) is 0 Å². The first-order chi connectivity index (χ1) is 7.63. The van der Waals surface area contributed by atoms with E-state index in [0.717, 1.165) is 0 Å². The van der Waals surface area contributed by atoms with Crippen LogP contribution in [0.25, 0.3) is 0 Å². The van der Waals surface area contributed by atoms with Crippen LogP contribution in [0.5, 0.6) is 0 Å². The Bertz CT molecular complexity index is 366. The van der Waals surface area contributed by atoms with Crippen LogP contribution >= 0.6 is 0 Å². The zero-order chi connectivity index (χ0) is 12.0. The molecule has 1 radical (unpaired) electrons. The molecule has 0 fully saturated rings. The molecule has 1 aromatic rings. The lowest BCUT2D eigenvalue weighted by molar-refractivity contribution is -0.142. The van der Waals surface area contributed by atoms with Gasteiger partial charge in [0.2, 0.25) is 5.91 Å². The second-order valence-electron chi connectivity index (χ2n) is 3.17. The monoisotopic (exact) mass is 223 g/mol.